The van der Waals surface area contributed by atoms with Gasteiger partial charge in [-0.1, -0.05) is 36.4 Å². The van der Waals surface area contributed by atoms with Crippen molar-refractivity contribution in [1.82, 2.24) is 9.88 Å². The van der Waals surface area contributed by atoms with Crippen molar-refractivity contribution in [2.75, 3.05) is 14.1 Å². The first-order valence-corrected chi connectivity index (χ1v) is 6.07. The summed E-state index contributed by atoms with van der Waals surface area (Å²) >= 11 is 0. The minimum Gasteiger partial charge on any atom is -0.383 e. The van der Waals surface area contributed by atoms with Crippen molar-refractivity contribution in [3.63, 3.8) is 0 Å². The van der Waals surface area contributed by atoms with Gasteiger partial charge >= 0.3 is 0 Å². The molecule has 0 aliphatic heterocycles. The molecule has 3 nitrogen and oxygen atoms in total. The molecule has 0 saturated carbocycles. The second kappa shape index (κ2) is 5.96. The molecule has 3 heteroatoms. The highest BCUT2D eigenvalue weighted by Crippen LogP contribution is 2.17. The molecule has 0 aliphatic rings. The maximum Gasteiger partial charge on any atom is 0.205 e. The molecule has 0 amide bonds. The van der Waals surface area contributed by atoms with Gasteiger partial charge in [0.2, 0.25) is 5.78 Å². The summed E-state index contributed by atoms with van der Waals surface area (Å²) in [6, 6.07) is 13.6. The molecule has 0 unspecified atom stereocenters. The summed E-state index contributed by atoms with van der Waals surface area (Å²) < 4.78 is 0. The summed E-state index contributed by atoms with van der Waals surface area (Å²) in [5, 5.41) is 0. The Morgan fingerprint density at radius 1 is 1.05 bits per heavy atom. The zero-order chi connectivity index (χ0) is 13.7. The number of hydrogen-bond donors (Lipinski definition) is 0. The lowest BCUT2D eigenvalue weighted by Crippen LogP contribution is -2.04. The maximum atomic E-state index is 11.8. The average molecular weight is 252 g/mol. The van der Waals surface area contributed by atoms with Crippen LogP contribution in [0.2, 0.25) is 0 Å². The van der Waals surface area contributed by atoms with Crippen LogP contribution in [0.3, 0.4) is 0 Å². The van der Waals surface area contributed by atoms with Gasteiger partial charge < -0.3 is 4.90 Å². The summed E-state index contributed by atoms with van der Waals surface area (Å²) in [5.74, 6) is -0.0895. The van der Waals surface area contributed by atoms with Crippen molar-refractivity contribution >= 4 is 5.78 Å². The Bertz CT molecular complexity index is 571. The number of allylic oxidation sites excluding steroid dienone is 1. The third kappa shape index (κ3) is 3.52. The van der Waals surface area contributed by atoms with E-state index in [4.69, 9.17) is 0 Å². The van der Waals surface area contributed by atoms with Crippen LogP contribution in [0, 0.1) is 0 Å². The number of rotatable bonds is 4. The van der Waals surface area contributed by atoms with E-state index in [-0.39, 0.29) is 5.78 Å². The normalized spacial score (nSPS) is 10.6. The van der Waals surface area contributed by atoms with E-state index in [1.165, 1.54) is 6.08 Å². The van der Waals surface area contributed by atoms with E-state index in [0.717, 1.165) is 11.1 Å². The molecule has 0 N–H and O–H groups in total. The number of ketones is 1. The van der Waals surface area contributed by atoms with Gasteiger partial charge in [-0.25, -0.2) is 0 Å². The molecule has 2 rings (SSSR count). The molecule has 1 heterocycles. The molecule has 0 spiro atoms. The first-order chi connectivity index (χ1) is 9.16. The molecule has 0 saturated heterocycles. The van der Waals surface area contributed by atoms with Crippen LogP contribution < -0.4 is 0 Å². The fourth-order valence-electron chi connectivity index (χ4n) is 1.64. The number of aromatic nitrogens is 1. The minimum atomic E-state index is -0.0895. The number of nitrogens with zero attached hydrogens (tertiary/aromatic N) is 2. The summed E-state index contributed by atoms with van der Waals surface area (Å²) in [5.41, 5.74) is 2.56. The lowest BCUT2D eigenvalue weighted by molar-refractivity contribution is 0.104. The van der Waals surface area contributed by atoms with E-state index in [0.29, 0.717) is 5.69 Å². The Morgan fingerprint density at radius 3 is 2.37 bits per heavy atom. The van der Waals surface area contributed by atoms with Gasteiger partial charge in [-0.15, -0.1) is 0 Å². The van der Waals surface area contributed by atoms with E-state index in [2.05, 4.69) is 4.98 Å². The first-order valence-electron chi connectivity index (χ1n) is 6.07. The molecule has 2 aromatic rings. The Balaban J connectivity index is 2.17. The number of hydrogen-bond acceptors (Lipinski definition) is 3. The number of carbonyl (C=O) groups excluding carboxylic acids is 1. The van der Waals surface area contributed by atoms with Crippen LogP contribution in [0.25, 0.3) is 11.1 Å². The Kier molecular flexibility index (Phi) is 4.08. The highest BCUT2D eigenvalue weighted by Gasteiger charge is 2.04. The monoisotopic (exact) mass is 252 g/mol. The third-order valence-electron chi connectivity index (χ3n) is 2.65. The molecule has 1 aromatic heterocycles. The van der Waals surface area contributed by atoms with Gasteiger partial charge in [-0.05, 0) is 11.6 Å². The Labute approximate surface area is 113 Å². The minimum absolute atomic E-state index is 0.0895. The lowest BCUT2D eigenvalue weighted by Gasteiger charge is -2.03. The number of benzene rings is 1. The molecular formula is C16H16N2O. The molecular weight excluding hydrogens is 236 g/mol. The standard InChI is InChI=1S/C16H16N2O/c1-18(2)11-10-16(19)15-9-8-14(12-17-15)13-6-4-3-5-7-13/h3-12H,1-2H3. The number of carbonyl (C=O) groups is 1. The second-order valence-corrected chi connectivity index (χ2v) is 4.44. The predicted molar refractivity (Wildman–Crippen MR) is 76.8 cm³/mol. The highest BCUT2D eigenvalue weighted by molar-refractivity contribution is 6.03. The Hall–Kier alpha value is -2.42. The van der Waals surface area contributed by atoms with Crippen LogP contribution >= 0.6 is 0 Å². The van der Waals surface area contributed by atoms with Crippen molar-refractivity contribution in [3.05, 3.63) is 66.6 Å². The molecule has 0 radical (unpaired) electrons. The third-order valence-corrected chi connectivity index (χ3v) is 2.65. The van der Waals surface area contributed by atoms with Crippen LogP contribution in [0.4, 0.5) is 0 Å². The fraction of sp³-hybridized carbons (Fsp3) is 0.125. The van der Waals surface area contributed by atoms with E-state index in [9.17, 15) is 4.79 Å². The van der Waals surface area contributed by atoms with Crippen molar-refractivity contribution < 1.29 is 4.79 Å². The molecule has 19 heavy (non-hydrogen) atoms. The van der Waals surface area contributed by atoms with Gasteiger partial charge in [-0.3, -0.25) is 9.78 Å². The van der Waals surface area contributed by atoms with Gasteiger partial charge in [0.15, 0.2) is 0 Å². The predicted octanol–water partition coefficient (Wildman–Crippen LogP) is 3.01. The van der Waals surface area contributed by atoms with Gasteiger partial charge in [-0.2, -0.15) is 0 Å². The molecule has 96 valence electrons. The second-order valence-electron chi connectivity index (χ2n) is 4.44. The Morgan fingerprint density at radius 2 is 1.79 bits per heavy atom. The van der Waals surface area contributed by atoms with Gasteiger partial charge in [0.1, 0.15) is 5.69 Å². The molecule has 0 fully saturated rings. The van der Waals surface area contributed by atoms with E-state index >= 15 is 0 Å². The maximum absolute atomic E-state index is 11.8. The van der Waals surface area contributed by atoms with Crippen molar-refractivity contribution in [2.45, 2.75) is 0 Å². The van der Waals surface area contributed by atoms with Crippen LogP contribution in [0.1, 0.15) is 10.5 Å². The zero-order valence-electron chi connectivity index (χ0n) is 11.1. The average Bonchev–Trinajstić information content (AvgIpc) is 2.46. The van der Waals surface area contributed by atoms with Crippen LogP contribution in [0.15, 0.2) is 60.9 Å². The van der Waals surface area contributed by atoms with Crippen LogP contribution in [-0.4, -0.2) is 29.8 Å². The topological polar surface area (TPSA) is 33.2 Å². The van der Waals surface area contributed by atoms with Gasteiger partial charge in [0.25, 0.3) is 0 Å². The van der Waals surface area contributed by atoms with E-state index in [1.807, 2.05) is 55.4 Å². The highest BCUT2D eigenvalue weighted by atomic mass is 16.1. The SMILES string of the molecule is CN(C)C=CC(=O)c1ccc(-c2ccccc2)cn1. The summed E-state index contributed by atoms with van der Waals surface area (Å²) in [6.07, 6.45) is 4.96. The summed E-state index contributed by atoms with van der Waals surface area (Å²) in [6.45, 7) is 0. The van der Waals surface area contributed by atoms with E-state index < -0.39 is 0 Å². The van der Waals surface area contributed by atoms with Crippen molar-refractivity contribution in [3.8, 4) is 11.1 Å². The molecule has 0 aliphatic carbocycles. The smallest absolute Gasteiger partial charge is 0.205 e. The van der Waals surface area contributed by atoms with Gasteiger partial charge in [0.05, 0.1) is 0 Å². The fourth-order valence-corrected chi connectivity index (χ4v) is 1.64. The van der Waals surface area contributed by atoms with Crippen LogP contribution in [-0.2, 0) is 0 Å². The van der Waals surface area contributed by atoms with Crippen molar-refractivity contribution in [1.29, 1.82) is 0 Å². The molecule has 0 atom stereocenters. The molecule has 0 bridgehead atoms. The quantitative estimate of drug-likeness (QED) is 0.619. The first kappa shape index (κ1) is 13.0. The van der Waals surface area contributed by atoms with Gasteiger partial charge in [0, 0.05) is 38.1 Å². The summed E-state index contributed by atoms with van der Waals surface area (Å²) in [4.78, 5) is 17.9. The van der Waals surface area contributed by atoms with Crippen molar-refractivity contribution in [2.24, 2.45) is 0 Å². The lowest BCUT2D eigenvalue weighted by atomic mass is 10.1. The molecule has 1 aromatic carbocycles. The van der Waals surface area contributed by atoms with Crippen LogP contribution in [0.5, 0.6) is 0 Å². The van der Waals surface area contributed by atoms with E-state index in [1.54, 1.807) is 18.5 Å². The largest absolute Gasteiger partial charge is 0.383 e. The zero-order valence-corrected chi connectivity index (χ0v) is 11.1. The number of pyridine rings is 1. The summed E-state index contributed by atoms with van der Waals surface area (Å²) in [7, 11) is 3.74.